The maximum absolute atomic E-state index is 13.1. The van der Waals surface area contributed by atoms with Crippen LogP contribution >= 0.6 is 0 Å². The van der Waals surface area contributed by atoms with E-state index in [9.17, 15) is 4.79 Å². The fraction of sp³-hybridized carbons (Fsp3) is 0.182. The van der Waals surface area contributed by atoms with Gasteiger partial charge in [-0.2, -0.15) is 0 Å². The Bertz CT molecular complexity index is 996. The first kappa shape index (κ1) is 16.3. The molecule has 1 aliphatic rings. The van der Waals surface area contributed by atoms with Gasteiger partial charge < -0.3 is 5.32 Å². The van der Waals surface area contributed by atoms with E-state index < -0.39 is 0 Å². The van der Waals surface area contributed by atoms with E-state index in [0.717, 1.165) is 22.4 Å². The lowest BCUT2D eigenvalue weighted by Crippen LogP contribution is -2.33. The summed E-state index contributed by atoms with van der Waals surface area (Å²) in [7, 11) is 0. The summed E-state index contributed by atoms with van der Waals surface area (Å²) < 4.78 is 0. The molecule has 0 saturated carbocycles. The van der Waals surface area contributed by atoms with E-state index in [2.05, 4.69) is 42.3 Å². The lowest BCUT2D eigenvalue weighted by molar-refractivity contribution is 0.0992. The summed E-state index contributed by atoms with van der Waals surface area (Å²) >= 11 is 0. The minimum Gasteiger partial charge on any atom is -0.361 e. The van der Waals surface area contributed by atoms with E-state index >= 15 is 0 Å². The summed E-state index contributed by atoms with van der Waals surface area (Å²) in [4.78, 5) is 19.3. The third-order valence-electron chi connectivity index (χ3n) is 4.92. The van der Waals surface area contributed by atoms with Gasteiger partial charge in [0.2, 0.25) is 0 Å². The van der Waals surface area contributed by atoms with Gasteiger partial charge in [0.15, 0.2) is 0 Å². The van der Waals surface area contributed by atoms with Crippen LogP contribution in [0.2, 0.25) is 0 Å². The summed E-state index contributed by atoms with van der Waals surface area (Å²) in [6, 6.07) is 17.9. The molecule has 4 heteroatoms. The SMILES string of the molecule is Cc1ccnc(N2C(=O)c3ccccc3[C@@H]2Nc2ccc(C)c(C)c2)c1. The Labute approximate surface area is 153 Å². The number of rotatable bonds is 3. The molecule has 4 rings (SSSR count). The van der Waals surface area contributed by atoms with E-state index in [1.165, 1.54) is 11.1 Å². The van der Waals surface area contributed by atoms with Crippen molar-refractivity contribution in [3.63, 3.8) is 0 Å². The molecule has 0 aliphatic carbocycles. The van der Waals surface area contributed by atoms with Gasteiger partial charge in [-0.1, -0.05) is 24.3 Å². The quantitative estimate of drug-likeness (QED) is 0.744. The predicted molar refractivity (Wildman–Crippen MR) is 105 cm³/mol. The smallest absolute Gasteiger partial charge is 0.261 e. The van der Waals surface area contributed by atoms with E-state index in [4.69, 9.17) is 0 Å². The number of fused-ring (bicyclic) bond motifs is 1. The molecule has 1 N–H and O–H groups in total. The first-order valence-electron chi connectivity index (χ1n) is 8.73. The number of benzene rings is 2. The fourth-order valence-corrected chi connectivity index (χ4v) is 3.34. The van der Waals surface area contributed by atoms with Crippen molar-refractivity contribution in [3.8, 4) is 0 Å². The van der Waals surface area contributed by atoms with Gasteiger partial charge in [0.25, 0.3) is 5.91 Å². The second kappa shape index (κ2) is 6.30. The van der Waals surface area contributed by atoms with Crippen molar-refractivity contribution in [1.82, 2.24) is 4.98 Å². The molecule has 1 atom stereocenters. The Morgan fingerprint density at radius 2 is 1.77 bits per heavy atom. The predicted octanol–water partition coefficient (Wildman–Crippen LogP) is 4.78. The highest BCUT2D eigenvalue weighted by atomic mass is 16.2. The van der Waals surface area contributed by atoms with Crippen molar-refractivity contribution in [2.75, 3.05) is 10.2 Å². The molecule has 1 aliphatic heterocycles. The standard InChI is InChI=1S/C22H21N3O/c1-14-10-11-23-20(12-14)25-21(18-6-4-5-7-19(18)22(25)26)24-17-9-8-15(2)16(3)13-17/h4-13,21,24H,1-3H3/t21-/m1/s1. The second-order valence-corrected chi connectivity index (χ2v) is 6.80. The van der Waals surface area contributed by atoms with Crippen LogP contribution in [0.15, 0.2) is 60.8 Å². The zero-order valence-electron chi connectivity index (χ0n) is 15.2. The van der Waals surface area contributed by atoms with Crippen LogP contribution in [0.3, 0.4) is 0 Å². The number of aromatic nitrogens is 1. The van der Waals surface area contributed by atoms with Crippen LogP contribution in [-0.2, 0) is 0 Å². The summed E-state index contributed by atoms with van der Waals surface area (Å²) in [5.74, 6) is 0.632. The Morgan fingerprint density at radius 1 is 0.962 bits per heavy atom. The van der Waals surface area contributed by atoms with Crippen molar-refractivity contribution in [2.45, 2.75) is 26.9 Å². The molecule has 1 amide bonds. The molecular formula is C22H21N3O. The third-order valence-corrected chi connectivity index (χ3v) is 4.92. The van der Waals surface area contributed by atoms with Crippen LogP contribution in [0.25, 0.3) is 0 Å². The highest BCUT2D eigenvalue weighted by molar-refractivity contribution is 6.11. The van der Waals surface area contributed by atoms with Gasteiger partial charge in [0, 0.05) is 23.0 Å². The van der Waals surface area contributed by atoms with Crippen LogP contribution < -0.4 is 10.2 Å². The summed E-state index contributed by atoms with van der Waals surface area (Å²) in [5, 5.41) is 3.53. The van der Waals surface area contributed by atoms with Crippen molar-refractivity contribution in [2.24, 2.45) is 0 Å². The number of nitrogens with zero attached hydrogens (tertiary/aromatic N) is 2. The normalized spacial score (nSPS) is 15.9. The van der Waals surface area contributed by atoms with Crippen molar-refractivity contribution >= 4 is 17.4 Å². The van der Waals surface area contributed by atoms with Crippen LogP contribution in [0.4, 0.5) is 11.5 Å². The van der Waals surface area contributed by atoms with Crippen molar-refractivity contribution in [1.29, 1.82) is 0 Å². The molecule has 3 aromatic rings. The van der Waals surface area contributed by atoms with Gasteiger partial charge in [-0.15, -0.1) is 0 Å². The molecule has 130 valence electrons. The number of anilines is 2. The van der Waals surface area contributed by atoms with Crippen LogP contribution in [-0.4, -0.2) is 10.9 Å². The highest BCUT2D eigenvalue weighted by Gasteiger charge is 2.38. The minimum absolute atomic E-state index is 0.0277. The Kier molecular flexibility index (Phi) is 3.96. The first-order valence-corrected chi connectivity index (χ1v) is 8.73. The molecule has 0 unspecified atom stereocenters. The number of carbonyl (C=O) groups excluding carboxylic acids is 1. The molecule has 4 nitrogen and oxygen atoms in total. The average molecular weight is 343 g/mol. The molecule has 0 spiro atoms. The maximum atomic E-state index is 13.1. The number of nitrogens with one attached hydrogen (secondary N) is 1. The van der Waals surface area contributed by atoms with Crippen LogP contribution in [0, 0.1) is 20.8 Å². The van der Waals surface area contributed by atoms with E-state index in [1.807, 2.05) is 43.3 Å². The average Bonchev–Trinajstić information content (AvgIpc) is 2.91. The lowest BCUT2D eigenvalue weighted by atomic mass is 10.1. The van der Waals surface area contributed by atoms with E-state index in [1.54, 1.807) is 11.1 Å². The zero-order valence-corrected chi connectivity index (χ0v) is 15.2. The van der Waals surface area contributed by atoms with Gasteiger partial charge in [0.05, 0.1) is 0 Å². The van der Waals surface area contributed by atoms with Gasteiger partial charge >= 0.3 is 0 Å². The van der Waals surface area contributed by atoms with E-state index in [0.29, 0.717) is 5.82 Å². The van der Waals surface area contributed by atoms with Gasteiger partial charge in [-0.05, 0) is 67.8 Å². The number of aryl methyl sites for hydroxylation is 3. The maximum Gasteiger partial charge on any atom is 0.261 e. The highest BCUT2D eigenvalue weighted by Crippen LogP contribution is 2.37. The van der Waals surface area contributed by atoms with E-state index in [-0.39, 0.29) is 12.1 Å². The second-order valence-electron chi connectivity index (χ2n) is 6.80. The molecular weight excluding hydrogens is 322 g/mol. The zero-order chi connectivity index (χ0) is 18.3. The molecule has 0 saturated heterocycles. The van der Waals surface area contributed by atoms with Crippen LogP contribution in [0.1, 0.15) is 38.8 Å². The Hall–Kier alpha value is -3.14. The van der Waals surface area contributed by atoms with Gasteiger partial charge in [-0.25, -0.2) is 4.98 Å². The number of carbonyl (C=O) groups is 1. The molecule has 1 aromatic heterocycles. The molecule has 0 fully saturated rings. The summed E-state index contributed by atoms with van der Waals surface area (Å²) in [6.07, 6.45) is 1.46. The first-order chi connectivity index (χ1) is 12.5. The van der Waals surface area contributed by atoms with Crippen molar-refractivity contribution < 1.29 is 4.79 Å². The minimum atomic E-state index is -0.282. The fourth-order valence-electron chi connectivity index (χ4n) is 3.34. The number of hydrogen-bond acceptors (Lipinski definition) is 3. The summed E-state index contributed by atoms with van der Waals surface area (Å²) in [6.45, 7) is 6.19. The molecule has 0 radical (unpaired) electrons. The number of amides is 1. The van der Waals surface area contributed by atoms with Gasteiger partial charge in [-0.3, -0.25) is 9.69 Å². The van der Waals surface area contributed by atoms with Crippen molar-refractivity contribution in [3.05, 3.63) is 88.6 Å². The Balaban J connectivity index is 1.79. The van der Waals surface area contributed by atoms with Gasteiger partial charge in [0.1, 0.15) is 12.0 Å². The molecule has 26 heavy (non-hydrogen) atoms. The Morgan fingerprint density at radius 3 is 2.54 bits per heavy atom. The lowest BCUT2D eigenvalue weighted by Gasteiger charge is -2.26. The molecule has 2 aromatic carbocycles. The third kappa shape index (κ3) is 2.73. The number of hydrogen-bond donors (Lipinski definition) is 1. The topological polar surface area (TPSA) is 45.2 Å². The monoisotopic (exact) mass is 343 g/mol. The van der Waals surface area contributed by atoms with Crippen LogP contribution in [0.5, 0.6) is 0 Å². The molecule has 2 heterocycles. The summed E-state index contributed by atoms with van der Waals surface area (Å²) in [5.41, 5.74) is 6.21. The molecule has 0 bridgehead atoms. The largest absolute Gasteiger partial charge is 0.361 e. The number of pyridine rings is 1.